The quantitative estimate of drug-likeness (QED) is 0.927. The molecule has 2 aliphatic heterocycles. The van der Waals surface area contributed by atoms with Gasteiger partial charge in [0.25, 0.3) is 0 Å². The molecular weight excluding hydrogens is 292 g/mol. The SMILES string of the molecule is CC(C)(C)OC(=O)N1C2CCC1CC(CNc1cnccn1)C2. The van der Waals surface area contributed by atoms with Gasteiger partial charge < -0.3 is 15.0 Å². The highest BCUT2D eigenvalue weighted by molar-refractivity contribution is 5.69. The molecular formula is C17H26N4O2. The summed E-state index contributed by atoms with van der Waals surface area (Å²) in [4.78, 5) is 22.7. The number of piperidine rings is 1. The number of hydrogen-bond donors (Lipinski definition) is 1. The predicted octanol–water partition coefficient (Wildman–Crippen LogP) is 3.07. The fourth-order valence-electron chi connectivity index (χ4n) is 3.71. The highest BCUT2D eigenvalue weighted by atomic mass is 16.6. The molecule has 126 valence electrons. The summed E-state index contributed by atoms with van der Waals surface area (Å²) < 4.78 is 5.58. The molecule has 6 heteroatoms. The van der Waals surface area contributed by atoms with Crippen LogP contribution in [0, 0.1) is 5.92 Å². The first-order chi connectivity index (χ1) is 10.9. The molecule has 1 aromatic heterocycles. The van der Waals surface area contributed by atoms with Crippen LogP contribution in [0.25, 0.3) is 0 Å². The third-order valence-corrected chi connectivity index (χ3v) is 4.57. The van der Waals surface area contributed by atoms with Crippen molar-refractivity contribution in [3.63, 3.8) is 0 Å². The van der Waals surface area contributed by atoms with Gasteiger partial charge in [-0.15, -0.1) is 0 Å². The number of ether oxygens (including phenoxy) is 1. The van der Waals surface area contributed by atoms with E-state index in [-0.39, 0.29) is 6.09 Å². The summed E-state index contributed by atoms with van der Waals surface area (Å²) in [6.07, 6.45) is 9.19. The summed E-state index contributed by atoms with van der Waals surface area (Å²) in [6.45, 7) is 6.65. The van der Waals surface area contributed by atoms with Gasteiger partial charge in [-0.3, -0.25) is 4.98 Å². The molecule has 23 heavy (non-hydrogen) atoms. The van der Waals surface area contributed by atoms with Crippen LogP contribution in [0.1, 0.15) is 46.5 Å². The van der Waals surface area contributed by atoms with Crippen LogP contribution >= 0.6 is 0 Å². The van der Waals surface area contributed by atoms with Gasteiger partial charge in [0, 0.05) is 31.0 Å². The predicted molar refractivity (Wildman–Crippen MR) is 88.1 cm³/mol. The Bertz CT molecular complexity index is 529. The fraction of sp³-hybridized carbons (Fsp3) is 0.706. The van der Waals surface area contributed by atoms with Crippen LogP contribution < -0.4 is 5.32 Å². The molecule has 1 amide bonds. The van der Waals surface area contributed by atoms with Crippen molar-refractivity contribution < 1.29 is 9.53 Å². The number of anilines is 1. The second-order valence-corrected chi connectivity index (χ2v) is 7.58. The second kappa shape index (κ2) is 6.34. The van der Waals surface area contributed by atoms with E-state index in [1.165, 1.54) is 0 Å². The number of fused-ring (bicyclic) bond motifs is 2. The van der Waals surface area contributed by atoms with Gasteiger partial charge in [-0.1, -0.05) is 0 Å². The van der Waals surface area contributed by atoms with Gasteiger partial charge in [0.15, 0.2) is 0 Å². The summed E-state index contributed by atoms with van der Waals surface area (Å²) in [6, 6.07) is 0.634. The highest BCUT2D eigenvalue weighted by Crippen LogP contribution is 2.39. The van der Waals surface area contributed by atoms with Crippen LogP contribution in [-0.2, 0) is 4.74 Å². The van der Waals surface area contributed by atoms with E-state index in [1.54, 1.807) is 18.6 Å². The van der Waals surface area contributed by atoms with Gasteiger partial charge >= 0.3 is 6.09 Å². The van der Waals surface area contributed by atoms with E-state index in [0.29, 0.717) is 18.0 Å². The van der Waals surface area contributed by atoms with E-state index in [1.807, 2.05) is 25.7 Å². The molecule has 3 heterocycles. The Morgan fingerprint density at radius 2 is 2.00 bits per heavy atom. The number of carbonyl (C=O) groups is 1. The lowest BCUT2D eigenvalue weighted by Crippen LogP contribution is -2.49. The Kier molecular flexibility index (Phi) is 4.41. The first-order valence-corrected chi connectivity index (χ1v) is 8.43. The standard InChI is InChI=1S/C17H26N4O2/c1-17(2,3)23-16(22)21-13-4-5-14(21)9-12(8-13)10-20-15-11-18-6-7-19-15/h6-7,11-14H,4-5,8-10H2,1-3H3,(H,19,20). The molecule has 2 aliphatic rings. The van der Waals surface area contributed by atoms with Crippen LogP contribution in [0.2, 0.25) is 0 Å². The third kappa shape index (κ3) is 3.92. The van der Waals surface area contributed by atoms with Crippen LogP contribution in [0.5, 0.6) is 0 Å². The lowest BCUT2D eigenvalue weighted by atomic mass is 9.91. The maximum atomic E-state index is 12.4. The molecule has 0 spiro atoms. The molecule has 2 unspecified atom stereocenters. The molecule has 2 bridgehead atoms. The van der Waals surface area contributed by atoms with E-state index in [4.69, 9.17) is 4.74 Å². The van der Waals surface area contributed by atoms with E-state index in [2.05, 4.69) is 15.3 Å². The van der Waals surface area contributed by atoms with Gasteiger partial charge in [-0.2, -0.15) is 0 Å². The Labute approximate surface area is 137 Å². The van der Waals surface area contributed by atoms with Crippen molar-refractivity contribution in [2.75, 3.05) is 11.9 Å². The zero-order valence-corrected chi connectivity index (χ0v) is 14.2. The summed E-state index contributed by atoms with van der Waals surface area (Å²) in [5.74, 6) is 1.38. The maximum Gasteiger partial charge on any atom is 0.410 e. The van der Waals surface area contributed by atoms with Crippen molar-refractivity contribution in [3.05, 3.63) is 18.6 Å². The van der Waals surface area contributed by atoms with Gasteiger partial charge in [0.1, 0.15) is 11.4 Å². The van der Waals surface area contributed by atoms with Crippen molar-refractivity contribution >= 4 is 11.9 Å². The van der Waals surface area contributed by atoms with Crippen LogP contribution in [-0.4, -0.2) is 45.2 Å². The molecule has 3 rings (SSSR count). The second-order valence-electron chi connectivity index (χ2n) is 7.58. The smallest absolute Gasteiger partial charge is 0.410 e. The Hall–Kier alpha value is -1.85. The summed E-state index contributed by atoms with van der Waals surface area (Å²) in [7, 11) is 0. The summed E-state index contributed by atoms with van der Waals surface area (Å²) in [5, 5.41) is 3.36. The van der Waals surface area contributed by atoms with Crippen molar-refractivity contribution in [2.24, 2.45) is 5.92 Å². The number of aromatic nitrogens is 2. The number of nitrogens with zero attached hydrogens (tertiary/aromatic N) is 3. The largest absolute Gasteiger partial charge is 0.444 e. The van der Waals surface area contributed by atoms with Gasteiger partial charge in [0.2, 0.25) is 0 Å². The van der Waals surface area contributed by atoms with Crippen molar-refractivity contribution in [3.8, 4) is 0 Å². The molecule has 1 aromatic rings. The van der Waals surface area contributed by atoms with E-state index < -0.39 is 5.60 Å². The minimum Gasteiger partial charge on any atom is -0.444 e. The highest BCUT2D eigenvalue weighted by Gasteiger charge is 2.44. The van der Waals surface area contributed by atoms with Crippen molar-refractivity contribution in [1.29, 1.82) is 0 Å². The Morgan fingerprint density at radius 3 is 2.57 bits per heavy atom. The number of carbonyl (C=O) groups excluding carboxylic acids is 1. The first kappa shape index (κ1) is 16.0. The Morgan fingerprint density at radius 1 is 1.30 bits per heavy atom. The minimum atomic E-state index is -0.430. The Balaban J connectivity index is 1.55. The van der Waals surface area contributed by atoms with Gasteiger partial charge in [-0.05, 0) is 52.4 Å². The molecule has 2 atom stereocenters. The first-order valence-electron chi connectivity index (χ1n) is 8.43. The third-order valence-electron chi connectivity index (χ3n) is 4.57. The van der Waals surface area contributed by atoms with Crippen molar-refractivity contribution in [2.45, 2.75) is 64.1 Å². The molecule has 0 aromatic carbocycles. The molecule has 0 aliphatic carbocycles. The summed E-state index contributed by atoms with van der Waals surface area (Å²) in [5.41, 5.74) is -0.430. The fourth-order valence-corrected chi connectivity index (χ4v) is 3.71. The molecule has 2 fully saturated rings. The molecule has 6 nitrogen and oxygen atoms in total. The van der Waals surface area contributed by atoms with Crippen LogP contribution in [0.4, 0.5) is 10.6 Å². The average Bonchev–Trinajstić information content (AvgIpc) is 2.76. The molecule has 0 saturated carbocycles. The number of hydrogen-bond acceptors (Lipinski definition) is 5. The van der Waals surface area contributed by atoms with Crippen LogP contribution in [0.3, 0.4) is 0 Å². The maximum absolute atomic E-state index is 12.4. The lowest BCUT2D eigenvalue weighted by molar-refractivity contribution is 0.00284. The zero-order valence-electron chi connectivity index (χ0n) is 14.2. The van der Waals surface area contributed by atoms with Gasteiger partial charge in [0.05, 0.1) is 6.20 Å². The van der Waals surface area contributed by atoms with Crippen LogP contribution in [0.15, 0.2) is 18.6 Å². The monoisotopic (exact) mass is 318 g/mol. The number of amides is 1. The van der Waals surface area contributed by atoms with Gasteiger partial charge in [-0.25, -0.2) is 9.78 Å². The normalized spacial score (nSPS) is 26.9. The molecule has 0 radical (unpaired) electrons. The molecule has 1 N–H and O–H groups in total. The lowest BCUT2D eigenvalue weighted by Gasteiger charge is -2.39. The average molecular weight is 318 g/mol. The topological polar surface area (TPSA) is 67.3 Å². The minimum absolute atomic E-state index is 0.148. The number of rotatable bonds is 3. The number of nitrogens with one attached hydrogen (secondary N) is 1. The zero-order chi connectivity index (χ0) is 16.4. The van der Waals surface area contributed by atoms with E-state index in [9.17, 15) is 4.79 Å². The van der Waals surface area contributed by atoms with E-state index >= 15 is 0 Å². The summed E-state index contributed by atoms with van der Waals surface area (Å²) >= 11 is 0. The molecule has 2 saturated heterocycles. The van der Waals surface area contributed by atoms with Crippen molar-refractivity contribution in [1.82, 2.24) is 14.9 Å². The van der Waals surface area contributed by atoms with E-state index in [0.717, 1.165) is 38.0 Å².